The third-order valence-corrected chi connectivity index (χ3v) is 3.66. The summed E-state index contributed by atoms with van der Waals surface area (Å²) in [5, 5.41) is 23.2. The van der Waals surface area contributed by atoms with E-state index in [1.54, 1.807) is 12.1 Å². The average Bonchev–Trinajstić information content (AvgIpc) is 2.48. The Morgan fingerprint density at radius 1 is 1.57 bits per heavy atom. The van der Waals surface area contributed by atoms with Gasteiger partial charge in [-0.3, -0.25) is 10.1 Å². The first-order valence-electron chi connectivity index (χ1n) is 7.20. The molecular formula is C15H19N3O3. The number of nitriles is 1. The van der Waals surface area contributed by atoms with Crippen LogP contribution in [0.15, 0.2) is 18.2 Å². The molecule has 0 radical (unpaired) electrons. The van der Waals surface area contributed by atoms with Crippen molar-refractivity contribution in [2.75, 3.05) is 11.9 Å². The largest absolute Gasteiger partial charge is 0.378 e. The van der Waals surface area contributed by atoms with Gasteiger partial charge in [0.05, 0.1) is 22.7 Å². The van der Waals surface area contributed by atoms with E-state index < -0.39 is 4.92 Å². The van der Waals surface area contributed by atoms with Crippen LogP contribution in [0.1, 0.15) is 38.2 Å². The molecule has 6 nitrogen and oxygen atoms in total. The Balaban J connectivity index is 2.12. The van der Waals surface area contributed by atoms with Crippen LogP contribution in [0.2, 0.25) is 0 Å². The lowest BCUT2D eigenvalue weighted by Gasteiger charge is -2.30. The minimum atomic E-state index is -0.452. The smallest absolute Gasteiger partial charge is 0.293 e. The molecule has 0 spiro atoms. The van der Waals surface area contributed by atoms with E-state index >= 15 is 0 Å². The Bertz CT molecular complexity index is 552. The van der Waals surface area contributed by atoms with E-state index in [9.17, 15) is 10.1 Å². The highest BCUT2D eigenvalue weighted by atomic mass is 16.6. The second-order valence-corrected chi connectivity index (χ2v) is 5.25. The van der Waals surface area contributed by atoms with Crippen molar-refractivity contribution >= 4 is 11.4 Å². The number of rotatable bonds is 5. The molecule has 21 heavy (non-hydrogen) atoms. The molecule has 2 atom stereocenters. The number of nitrogens with zero attached hydrogens (tertiary/aromatic N) is 2. The molecule has 2 unspecified atom stereocenters. The van der Waals surface area contributed by atoms with Crippen molar-refractivity contribution in [1.29, 1.82) is 5.26 Å². The van der Waals surface area contributed by atoms with Gasteiger partial charge >= 0.3 is 0 Å². The summed E-state index contributed by atoms with van der Waals surface area (Å²) in [6.07, 6.45) is 3.98. The van der Waals surface area contributed by atoms with E-state index in [1.165, 1.54) is 6.07 Å². The highest BCUT2D eigenvalue weighted by molar-refractivity contribution is 5.64. The van der Waals surface area contributed by atoms with E-state index in [0.717, 1.165) is 25.7 Å². The van der Waals surface area contributed by atoms with Gasteiger partial charge in [0.1, 0.15) is 5.69 Å². The number of anilines is 1. The van der Waals surface area contributed by atoms with Crippen molar-refractivity contribution in [3.8, 4) is 6.07 Å². The van der Waals surface area contributed by atoms with Crippen LogP contribution in [0.5, 0.6) is 0 Å². The predicted molar refractivity (Wildman–Crippen MR) is 79.1 cm³/mol. The Labute approximate surface area is 123 Å². The topological polar surface area (TPSA) is 88.2 Å². The van der Waals surface area contributed by atoms with Gasteiger partial charge in [-0.2, -0.15) is 5.26 Å². The standard InChI is InChI=1S/C15H19N3O3/c1-2-3-13-9-12(6-7-21-13)17-14-5-4-11(10-16)8-15(14)18(19)20/h4-5,8,12-13,17H,2-3,6-7,9H2,1H3. The number of hydrogen-bond donors (Lipinski definition) is 1. The maximum Gasteiger partial charge on any atom is 0.293 e. The SMILES string of the molecule is CCCC1CC(Nc2ccc(C#N)cc2[N+](=O)[O-])CCO1. The highest BCUT2D eigenvalue weighted by Gasteiger charge is 2.24. The fraction of sp³-hybridized carbons (Fsp3) is 0.533. The van der Waals surface area contributed by atoms with Crippen LogP contribution in [-0.4, -0.2) is 23.7 Å². The summed E-state index contributed by atoms with van der Waals surface area (Å²) in [7, 11) is 0. The summed E-state index contributed by atoms with van der Waals surface area (Å²) in [5.74, 6) is 0. The Hall–Kier alpha value is -2.13. The predicted octanol–water partition coefficient (Wildman–Crippen LogP) is 3.23. The summed E-state index contributed by atoms with van der Waals surface area (Å²) < 4.78 is 5.68. The molecule has 0 saturated carbocycles. The van der Waals surface area contributed by atoms with Crippen LogP contribution in [0.25, 0.3) is 0 Å². The molecule has 0 bridgehead atoms. The van der Waals surface area contributed by atoms with Gasteiger partial charge in [-0.1, -0.05) is 13.3 Å². The third-order valence-electron chi connectivity index (χ3n) is 3.66. The quantitative estimate of drug-likeness (QED) is 0.664. The summed E-state index contributed by atoms with van der Waals surface area (Å²) in [5.41, 5.74) is 0.719. The first kappa shape index (κ1) is 15.3. The number of nitrogens with one attached hydrogen (secondary N) is 1. The first-order valence-corrected chi connectivity index (χ1v) is 7.20. The fourth-order valence-corrected chi connectivity index (χ4v) is 2.63. The van der Waals surface area contributed by atoms with Crippen LogP contribution < -0.4 is 5.32 Å². The Kier molecular flexibility index (Phi) is 5.12. The van der Waals surface area contributed by atoms with Gasteiger partial charge in [-0.05, 0) is 31.4 Å². The number of ether oxygens (including phenoxy) is 1. The fourth-order valence-electron chi connectivity index (χ4n) is 2.63. The van der Waals surface area contributed by atoms with Gasteiger partial charge in [0.25, 0.3) is 5.69 Å². The van der Waals surface area contributed by atoms with Crippen LogP contribution in [-0.2, 0) is 4.74 Å². The molecule has 1 aliphatic rings. The number of nitro benzene ring substituents is 1. The zero-order valence-corrected chi connectivity index (χ0v) is 12.0. The van der Waals surface area contributed by atoms with Crippen LogP contribution in [0, 0.1) is 21.4 Å². The molecule has 1 aromatic carbocycles. The summed E-state index contributed by atoms with van der Waals surface area (Å²) >= 11 is 0. The Morgan fingerprint density at radius 3 is 3.05 bits per heavy atom. The highest BCUT2D eigenvalue weighted by Crippen LogP contribution is 2.28. The lowest BCUT2D eigenvalue weighted by Crippen LogP contribution is -2.34. The number of hydrogen-bond acceptors (Lipinski definition) is 5. The molecule has 1 aromatic rings. The monoisotopic (exact) mass is 289 g/mol. The van der Waals surface area contributed by atoms with Crippen molar-refractivity contribution in [3.63, 3.8) is 0 Å². The first-order chi connectivity index (χ1) is 10.1. The zero-order valence-electron chi connectivity index (χ0n) is 12.0. The molecule has 6 heteroatoms. The van der Waals surface area contributed by atoms with E-state index in [0.29, 0.717) is 17.9 Å². The summed E-state index contributed by atoms with van der Waals surface area (Å²) in [4.78, 5) is 10.7. The molecule has 112 valence electrons. The van der Waals surface area contributed by atoms with Crippen molar-refractivity contribution in [1.82, 2.24) is 0 Å². The second kappa shape index (κ2) is 7.04. The van der Waals surface area contributed by atoms with Gasteiger partial charge in [-0.25, -0.2) is 0 Å². The van der Waals surface area contributed by atoms with Crippen molar-refractivity contribution in [2.45, 2.75) is 44.8 Å². The van der Waals surface area contributed by atoms with E-state index in [-0.39, 0.29) is 17.8 Å². The van der Waals surface area contributed by atoms with E-state index in [4.69, 9.17) is 10.00 Å². The zero-order chi connectivity index (χ0) is 15.2. The van der Waals surface area contributed by atoms with Crippen LogP contribution >= 0.6 is 0 Å². The lowest BCUT2D eigenvalue weighted by molar-refractivity contribution is -0.384. The van der Waals surface area contributed by atoms with Gasteiger partial charge < -0.3 is 10.1 Å². The molecule has 0 aliphatic carbocycles. The lowest BCUT2D eigenvalue weighted by atomic mass is 9.99. The van der Waals surface area contributed by atoms with Gasteiger partial charge in [-0.15, -0.1) is 0 Å². The molecule has 1 aliphatic heterocycles. The van der Waals surface area contributed by atoms with E-state index in [1.807, 2.05) is 6.07 Å². The summed E-state index contributed by atoms with van der Waals surface area (Å²) in [6, 6.07) is 6.61. The molecule has 0 aromatic heterocycles. The van der Waals surface area contributed by atoms with Gasteiger partial charge in [0.15, 0.2) is 0 Å². The van der Waals surface area contributed by atoms with Crippen LogP contribution in [0.3, 0.4) is 0 Å². The van der Waals surface area contributed by atoms with Gasteiger partial charge in [0, 0.05) is 18.7 Å². The number of nitro groups is 1. The molecule has 1 fully saturated rings. The molecule has 1 saturated heterocycles. The third kappa shape index (κ3) is 3.92. The average molecular weight is 289 g/mol. The second-order valence-electron chi connectivity index (χ2n) is 5.25. The summed E-state index contributed by atoms with van der Waals surface area (Å²) in [6.45, 7) is 2.79. The maximum absolute atomic E-state index is 11.1. The molecule has 0 amide bonds. The molecular weight excluding hydrogens is 270 g/mol. The molecule has 1 heterocycles. The normalized spacial score (nSPS) is 21.5. The molecule has 2 rings (SSSR count). The minimum Gasteiger partial charge on any atom is -0.378 e. The van der Waals surface area contributed by atoms with Gasteiger partial charge in [0.2, 0.25) is 0 Å². The van der Waals surface area contributed by atoms with E-state index in [2.05, 4.69) is 12.2 Å². The number of benzene rings is 1. The Morgan fingerprint density at radius 2 is 2.38 bits per heavy atom. The van der Waals surface area contributed by atoms with Crippen molar-refractivity contribution in [3.05, 3.63) is 33.9 Å². The maximum atomic E-state index is 11.1. The van der Waals surface area contributed by atoms with Crippen LogP contribution in [0.4, 0.5) is 11.4 Å². The van der Waals surface area contributed by atoms with Crippen molar-refractivity contribution in [2.24, 2.45) is 0 Å². The molecule has 1 N–H and O–H groups in total. The van der Waals surface area contributed by atoms with Crippen molar-refractivity contribution < 1.29 is 9.66 Å². The minimum absolute atomic E-state index is 0.0485.